The molecule has 4 rings (SSSR count). The van der Waals surface area contributed by atoms with Crippen LogP contribution < -0.4 is 5.32 Å². The van der Waals surface area contributed by atoms with E-state index in [0.717, 1.165) is 41.7 Å². The first-order valence-electron chi connectivity index (χ1n) is 9.82. The van der Waals surface area contributed by atoms with Gasteiger partial charge >= 0.3 is 0 Å². The number of hydrogen-bond donors (Lipinski definition) is 1. The summed E-state index contributed by atoms with van der Waals surface area (Å²) in [5.74, 6) is 0.902. The first-order chi connectivity index (χ1) is 12.6. The molecule has 1 atom stereocenters. The van der Waals surface area contributed by atoms with E-state index in [0.29, 0.717) is 6.04 Å². The van der Waals surface area contributed by atoms with Crippen LogP contribution in [0.4, 0.5) is 0 Å². The molecule has 2 fully saturated rings. The predicted octanol–water partition coefficient (Wildman–Crippen LogP) is 3.03. The second-order valence-electron chi connectivity index (χ2n) is 7.95. The van der Waals surface area contributed by atoms with Gasteiger partial charge in [0, 0.05) is 29.6 Å². The van der Waals surface area contributed by atoms with E-state index in [1.54, 1.807) is 0 Å². The summed E-state index contributed by atoms with van der Waals surface area (Å²) < 4.78 is 5.60. The average Bonchev–Trinajstić information content (AvgIpc) is 3.01. The molecule has 2 aliphatic heterocycles. The number of hydrogen-bond acceptors (Lipinski definition) is 4. The zero-order chi connectivity index (χ0) is 18.1. The van der Waals surface area contributed by atoms with Gasteiger partial charge in [-0.2, -0.15) is 0 Å². The van der Waals surface area contributed by atoms with E-state index in [1.807, 2.05) is 31.2 Å². The number of furan rings is 1. The quantitative estimate of drug-likeness (QED) is 0.919. The van der Waals surface area contributed by atoms with Crippen LogP contribution in [0.25, 0.3) is 11.0 Å². The molecule has 0 spiro atoms. The first-order valence-corrected chi connectivity index (χ1v) is 9.82. The lowest BCUT2D eigenvalue weighted by Crippen LogP contribution is -2.53. The van der Waals surface area contributed by atoms with Crippen LogP contribution in [0.2, 0.25) is 0 Å². The molecule has 26 heavy (non-hydrogen) atoms. The number of piperidine rings is 2. The normalized spacial score (nSPS) is 23.4. The minimum Gasteiger partial charge on any atom is -0.461 e. The Labute approximate surface area is 155 Å². The maximum atomic E-state index is 12.7. The van der Waals surface area contributed by atoms with Crippen LogP contribution in [0.1, 0.15) is 41.8 Å². The molecule has 2 saturated heterocycles. The molecule has 5 nitrogen and oxygen atoms in total. The Kier molecular flexibility index (Phi) is 5.00. The highest BCUT2D eigenvalue weighted by molar-refractivity contribution is 5.98. The highest BCUT2D eigenvalue weighted by Crippen LogP contribution is 2.22. The molecule has 140 valence electrons. The van der Waals surface area contributed by atoms with Gasteiger partial charge in [0.05, 0.1) is 0 Å². The lowest BCUT2D eigenvalue weighted by molar-refractivity contribution is 0.0766. The van der Waals surface area contributed by atoms with Gasteiger partial charge in [-0.1, -0.05) is 0 Å². The lowest BCUT2D eigenvalue weighted by Gasteiger charge is -2.41. The van der Waals surface area contributed by atoms with Gasteiger partial charge in [-0.3, -0.25) is 9.69 Å². The minimum absolute atomic E-state index is 0.0287. The van der Waals surface area contributed by atoms with Crippen molar-refractivity contribution in [1.29, 1.82) is 0 Å². The smallest absolute Gasteiger partial charge is 0.251 e. The molecule has 0 bridgehead atoms. The zero-order valence-electron chi connectivity index (χ0n) is 15.8. The summed E-state index contributed by atoms with van der Waals surface area (Å²) in [5, 5.41) is 4.26. The van der Waals surface area contributed by atoms with Gasteiger partial charge in [0.1, 0.15) is 11.3 Å². The summed E-state index contributed by atoms with van der Waals surface area (Å²) in [6.07, 6.45) is 4.72. The highest BCUT2D eigenvalue weighted by atomic mass is 16.3. The fraction of sp³-hybridized carbons (Fsp3) is 0.571. The molecule has 1 amide bonds. The second kappa shape index (κ2) is 7.41. The number of nitrogens with zero attached hydrogens (tertiary/aromatic N) is 2. The molecular weight excluding hydrogens is 326 g/mol. The Morgan fingerprint density at radius 3 is 2.77 bits per heavy atom. The van der Waals surface area contributed by atoms with Crippen molar-refractivity contribution in [1.82, 2.24) is 15.1 Å². The van der Waals surface area contributed by atoms with Crippen molar-refractivity contribution in [3.8, 4) is 0 Å². The fourth-order valence-electron chi connectivity index (χ4n) is 4.40. The van der Waals surface area contributed by atoms with E-state index >= 15 is 0 Å². The first kappa shape index (κ1) is 17.6. The molecule has 2 aliphatic rings. The van der Waals surface area contributed by atoms with E-state index in [4.69, 9.17) is 4.42 Å². The number of likely N-dealkylation sites (tertiary alicyclic amines) is 2. The summed E-state index contributed by atoms with van der Waals surface area (Å²) in [5.41, 5.74) is 1.56. The van der Waals surface area contributed by atoms with Gasteiger partial charge in [-0.05, 0) is 83.6 Å². The minimum atomic E-state index is 0.0287. The number of fused-ring (bicyclic) bond motifs is 1. The summed E-state index contributed by atoms with van der Waals surface area (Å²) >= 11 is 0. The van der Waals surface area contributed by atoms with Gasteiger partial charge in [-0.25, -0.2) is 0 Å². The van der Waals surface area contributed by atoms with E-state index in [9.17, 15) is 4.79 Å². The van der Waals surface area contributed by atoms with Crippen molar-refractivity contribution in [2.24, 2.45) is 0 Å². The largest absolute Gasteiger partial charge is 0.461 e. The lowest BCUT2D eigenvalue weighted by atomic mass is 9.98. The molecule has 5 heteroatoms. The van der Waals surface area contributed by atoms with Crippen LogP contribution in [0, 0.1) is 6.92 Å². The van der Waals surface area contributed by atoms with Crippen LogP contribution in [-0.4, -0.2) is 61.0 Å². The number of carbonyl (C=O) groups excluding carboxylic acids is 1. The Hall–Kier alpha value is -1.85. The number of nitrogens with one attached hydrogen (secondary N) is 1. The van der Waals surface area contributed by atoms with Crippen molar-refractivity contribution in [2.75, 3.05) is 33.2 Å². The van der Waals surface area contributed by atoms with Gasteiger partial charge < -0.3 is 14.6 Å². The van der Waals surface area contributed by atoms with Gasteiger partial charge in [-0.15, -0.1) is 0 Å². The van der Waals surface area contributed by atoms with Crippen LogP contribution in [0.3, 0.4) is 0 Å². The molecule has 2 aromatic rings. The topological polar surface area (TPSA) is 48.7 Å². The Balaban J connectivity index is 1.38. The van der Waals surface area contributed by atoms with Crippen LogP contribution in [0.15, 0.2) is 28.7 Å². The number of rotatable bonds is 3. The zero-order valence-corrected chi connectivity index (χ0v) is 15.8. The number of amides is 1. The van der Waals surface area contributed by atoms with E-state index in [1.165, 1.54) is 32.5 Å². The van der Waals surface area contributed by atoms with Crippen molar-refractivity contribution in [3.63, 3.8) is 0 Å². The summed E-state index contributed by atoms with van der Waals surface area (Å²) in [6, 6.07) is 8.59. The van der Waals surface area contributed by atoms with Crippen molar-refractivity contribution in [2.45, 2.75) is 44.7 Å². The monoisotopic (exact) mass is 355 g/mol. The van der Waals surface area contributed by atoms with Crippen molar-refractivity contribution in [3.05, 3.63) is 35.6 Å². The van der Waals surface area contributed by atoms with E-state index in [-0.39, 0.29) is 11.9 Å². The number of carbonyl (C=O) groups is 1. The SMILES string of the molecule is Cc1cc2cc(C(=O)N[C@H]3CCCN(C4CCN(C)CC4)C3)ccc2o1. The van der Waals surface area contributed by atoms with Crippen LogP contribution in [0.5, 0.6) is 0 Å². The standard InChI is InChI=1S/C21H29N3O2/c1-15-12-17-13-16(5-6-20(17)26-15)21(25)22-18-4-3-9-24(14-18)19-7-10-23(2)11-8-19/h5-6,12-13,18-19H,3-4,7-11,14H2,1-2H3,(H,22,25)/t18-/m0/s1. The Morgan fingerprint density at radius 1 is 1.15 bits per heavy atom. The molecule has 0 radical (unpaired) electrons. The third-order valence-electron chi connectivity index (χ3n) is 5.89. The van der Waals surface area contributed by atoms with Crippen molar-refractivity contribution >= 4 is 16.9 Å². The molecule has 1 aromatic heterocycles. The Bertz CT molecular complexity index is 777. The van der Waals surface area contributed by atoms with Gasteiger partial charge in [0.2, 0.25) is 0 Å². The third kappa shape index (κ3) is 3.79. The summed E-state index contributed by atoms with van der Waals surface area (Å²) in [6.45, 7) is 6.44. The van der Waals surface area contributed by atoms with Gasteiger partial charge in [0.15, 0.2) is 0 Å². The van der Waals surface area contributed by atoms with Crippen LogP contribution in [-0.2, 0) is 0 Å². The maximum absolute atomic E-state index is 12.7. The maximum Gasteiger partial charge on any atom is 0.251 e. The number of benzene rings is 1. The molecular formula is C21H29N3O2. The van der Waals surface area contributed by atoms with E-state index in [2.05, 4.69) is 22.2 Å². The average molecular weight is 355 g/mol. The van der Waals surface area contributed by atoms with Crippen LogP contribution >= 0.6 is 0 Å². The predicted molar refractivity (Wildman–Crippen MR) is 104 cm³/mol. The molecule has 0 aliphatic carbocycles. The van der Waals surface area contributed by atoms with Gasteiger partial charge in [0.25, 0.3) is 5.91 Å². The third-order valence-corrected chi connectivity index (χ3v) is 5.89. The highest BCUT2D eigenvalue weighted by Gasteiger charge is 2.28. The Morgan fingerprint density at radius 2 is 1.96 bits per heavy atom. The number of aryl methyl sites for hydroxylation is 1. The molecule has 0 unspecified atom stereocenters. The molecule has 1 aromatic carbocycles. The summed E-state index contributed by atoms with van der Waals surface area (Å²) in [7, 11) is 2.20. The molecule has 0 saturated carbocycles. The van der Waals surface area contributed by atoms with Crippen molar-refractivity contribution < 1.29 is 9.21 Å². The molecule has 1 N–H and O–H groups in total. The van der Waals surface area contributed by atoms with E-state index < -0.39 is 0 Å². The summed E-state index contributed by atoms with van der Waals surface area (Å²) in [4.78, 5) is 17.7. The second-order valence-corrected chi connectivity index (χ2v) is 7.95. The fourth-order valence-corrected chi connectivity index (χ4v) is 4.40. The molecule has 3 heterocycles.